The van der Waals surface area contributed by atoms with Crippen molar-refractivity contribution >= 4 is 33.3 Å². The Kier molecular flexibility index (Phi) is 4.22. The van der Waals surface area contributed by atoms with Gasteiger partial charge in [-0.05, 0) is 58.4 Å². The van der Waals surface area contributed by atoms with E-state index < -0.39 is 17.7 Å². The predicted octanol–water partition coefficient (Wildman–Crippen LogP) is 4.91. The molecule has 110 valence electrons. The fourth-order valence-electron chi connectivity index (χ4n) is 1.68. The second-order valence-electron chi connectivity index (χ2n) is 4.20. The van der Waals surface area contributed by atoms with Crippen LogP contribution in [0.2, 0.25) is 0 Å². The Bertz CT molecular complexity index is 669. The van der Waals surface area contributed by atoms with E-state index in [1.54, 1.807) is 12.1 Å². The minimum Gasteiger partial charge on any atom is -0.478 e. The Morgan fingerprint density at radius 3 is 2.14 bits per heavy atom. The third kappa shape index (κ3) is 3.75. The van der Waals surface area contributed by atoms with E-state index in [0.717, 1.165) is 12.1 Å². The largest absolute Gasteiger partial charge is 0.478 e. The van der Waals surface area contributed by atoms with E-state index in [-0.39, 0.29) is 5.56 Å². The number of carboxylic acid groups (broad SMARTS) is 1. The Morgan fingerprint density at radius 1 is 1.05 bits per heavy atom. The van der Waals surface area contributed by atoms with E-state index >= 15 is 0 Å². The van der Waals surface area contributed by atoms with Crippen LogP contribution in [0, 0.1) is 0 Å². The molecule has 0 aliphatic carbocycles. The van der Waals surface area contributed by atoms with Crippen LogP contribution in [0.3, 0.4) is 0 Å². The number of alkyl halides is 3. The maximum absolute atomic E-state index is 12.4. The van der Waals surface area contributed by atoms with E-state index in [1.807, 2.05) is 0 Å². The number of halogens is 4. The topological polar surface area (TPSA) is 49.3 Å². The van der Waals surface area contributed by atoms with E-state index in [9.17, 15) is 18.0 Å². The molecular formula is C14H9BrF3NO2. The fraction of sp³-hybridized carbons (Fsp3) is 0.0714. The Morgan fingerprint density at radius 2 is 1.62 bits per heavy atom. The number of carboxylic acids is 1. The summed E-state index contributed by atoms with van der Waals surface area (Å²) in [4.78, 5) is 11.0. The number of anilines is 2. The number of aromatic carboxylic acids is 1. The molecule has 3 nitrogen and oxygen atoms in total. The van der Waals surface area contributed by atoms with Gasteiger partial charge in [0.05, 0.1) is 11.1 Å². The summed E-state index contributed by atoms with van der Waals surface area (Å²) in [5, 5.41) is 11.9. The lowest BCUT2D eigenvalue weighted by Gasteiger charge is -2.10. The van der Waals surface area contributed by atoms with E-state index in [1.165, 1.54) is 18.2 Å². The predicted molar refractivity (Wildman–Crippen MR) is 75.8 cm³/mol. The summed E-state index contributed by atoms with van der Waals surface area (Å²) in [6, 6.07) is 9.05. The Hall–Kier alpha value is -2.02. The number of hydrogen-bond donors (Lipinski definition) is 2. The van der Waals surface area contributed by atoms with Crippen LogP contribution in [0.1, 0.15) is 15.9 Å². The fourth-order valence-corrected chi connectivity index (χ4v) is 2.09. The highest BCUT2D eigenvalue weighted by Crippen LogP contribution is 2.30. The van der Waals surface area contributed by atoms with Gasteiger partial charge in [-0.3, -0.25) is 0 Å². The first-order valence-electron chi connectivity index (χ1n) is 5.74. The number of rotatable bonds is 3. The molecule has 2 rings (SSSR count). The average molecular weight is 360 g/mol. The van der Waals surface area contributed by atoms with Crippen molar-refractivity contribution in [1.29, 1.82) is 0 Å². The van der Waals surface area contributed by atoms with Gasteiger partial charge in [0.25, 0.3) is 0 Å². The number of nitrogens with one attached hydrogen (secondary N) is 1. The molecule has 0 aliphatic rings. The van der Waals surface area contributed by atoms with Crippen LogP contribution in [0.25, 0.3) is 0 Å². The van der Waals surface area contributed by atoms with Crippen LogP contribution >= 0.6 is 15.9 Å². The van der Waals surface area contributed by atoms with Gasteiger partial charge in [-0.15, -0.1) is 0 Å². The summed E-state index contributed by atoms with van der Waals surface area (Å²) < 4.78 is 37.7. The molecular weight excluding hydrogens is 351 g/mol. The first kappa shape index (κ1) is 15.4. The summed E-state index contributed by atoms with van der Waals surface area (Å²) in [7, 11) is 0. The van der Waals surface area contributed by atoms with Crippen LogP contribution in [-0.4, -0.2) is 11.1 Å². The maximum atomic E-state index is 12.4. The molecule has 21 heavy (non-hydrogen) atoms. The summed E-state index contributed by atoms with van der Waals surface area (Å²) >= 11 is 3.11. The SMILES string of the molecule is O=C(O)c1cc(Nc2ccc(C(F)(F)F)cc2)ccc1Br. The molecule has 0 aromatic heterocycles. The highest BCUT2D eigenvalue weighted by atomic mass is 79.9. The van der Waals surface area contributed by atoms with Crippen molar-refractivity contribution in [2.75, 3.05) is 5.32 Å². The minimum absolute atomic E-state index is 0.0620. The van der Waals surface area contributed by atoms with Crippen LogP contribution in [0.4, 0.5) is 24.5 Å². The molecule has 2 N–H and O–H groups in total. The standard InChI is InChI=1S/C14H9BrF3NO2/c15-12-6-5-10(7-11(12)13(20)21)19-9-3-1-8(2-4-9)14(16,17)18/h1-7,19H,(H,20,21). The zero-order chi connectivity index (χ0) is 15.6. The second kappa shape index (κ2) is 5.77. The molecule has 7 heteroatoms. The summed E-state index contributed by atoms with van der Waals surface area (Å²) in [5.41, 5.74) is 0.221. The van der Waals surface area contributed by atoms with E-state index in [4.69, 9.17) is 5.11 Å². The molecule has 0 aliphatic heterocycles. The van der Waals surface area contributed by atoms with Crippen molar-refractivity contribution in [3.05, 3.63) is 58.1 Å². The lowest BCUT2D eigenvalue weighted by atomic mass is 10.1. The molecule has 0 radical (unpaired) electrons. The molecule has 2 aromatic carbocycles. The zero-order valence-electron chi connectivity index (χ0n) is 10.4. The van der Waals surface area contributed by atoms with Crippen LogP contribution in [0.5, 0.6) is 0 Å². The molecule has 0 atom stereocenters. The van der Waals surface area contributed by atoms with Gasteiger partial charge in [0.15, 0.2) is 0 Å². The van der Waals surface area contributed by atoms with E-state index in [2.05, 4.69) is 21.2 Å². The zero-order valence-corrected chi connectivity index (χ0v) is 12.0. The Labute approximate surface area is 126 Å². The third-order valence-corrected chi connectivity index (χ3v) is 3.39. The van der Waals surface area contributed by atoms with Crippen molar-refractivity contribution in [1.82, 2.24) is 0 Å². The van der Waals surface area contributed by atoms with Crippen molar-refractivity contribution in [3.8, 4) is 0 Å². The summed E-state index contributed by atoms with van der Waals surface area (Å²) in [5.74, 6) is -1.10. The molecule has 0 heterocycles. The van der Waals surface area contributed by atoms with Gasteiger partial charge in [-0.2, -0.15) is 13.2 Å². The van der Waals surface area contributed by atoms with Gasteiger partial charge in [0, 0.05) is 15.8 Å². The molecule has 0 bridgehead atoms. The monoisotopic (exact) mass is 359 g/mol. The van der Waals surface area contributed by atoms with Crippen molar-refractivity contribution in [2.45, 2.75) is 6.18 Å². The van der Waals surface area contributed by atoms with Crippen molar-refractivity contribution in [2.24, 2.45) is 0 Å². The summed E-state index contributed by atoms with van der Waals surface area (Å²) in [6.07, 6.45) is -4.38. The molecule has 0 saturated heterocycles. The quantitative estimate of drug-likeness (QED) is 0.818. The Balaban J connectivity index is 2.22. The van der Waals surface area contributed by atoms with Gasteiger partial charge in [0.2, 0.25) is 0 Å². The molecule has 0 amide bonds. The minimum atomic E-state index is -4.38. The highest BCUT2D eigenvalue weighted by molar-refractivity contribution is 9.10. The van der Waals surface area contributed by atoms with Crippen LogP contribution in [-0.2, 0) is 6.18 Å². The van der Waals surface area contributed by atoms with Gasteiger partial charge in [-0.1, -0.05) is 0 Å². The highest BCUT2D eigenvalue weighted by Gasteiger charge is 2.29. The van der Waals surface area contributed by atoms with Crippen LogP contribution < -0.4 is 5.32 Å². The number of benzene rings is 2. The lowest BCUT2D eigenvalue weighted by Crippen LogP contribution is -2.04. The second-order valence-corrected chi connectivity index (χ2v) is 5.05. The summed E-state index contributed by atoms with van der Waals surface area (Å²) in [6.45, 7) is 0. The third-order valence-electron chi connectivity index (χ3n) is 2.70. The lowest BCUT2D eigenvalue weighted by molar-refractivity contribution is -0.137. The van der Waals surface area contributed by atoms with Gasteiger partial charge >= 0.3 is 12.1 Å². The van der Waals surface area contributed by atoms with Gasteiger partial charge in [-0.25, -0.2) is 4.79 Å². The first-order valence-corrected chi connectivity index (χ1v) is 6.54. The molecule has 0 unspecified atom stereocenters. The van der Waals surface area contributed by atoms with Gasteiger partial charge in [0.1, 0.15) is 0 Å². The van der Waals surface area contributed by atoms with Gasteiger partial charge < -0.3 is 10.4 Å². The molecule has 0 saturated carbocycles. The van der Waals surface area contributed by atoms with E-state index in [0.29, 0.717) is 15.8 Å². The molecule has 0 fully saturated rings. The molecule has 0 spiro atoms. The molecule has 2 aromatic rings. The smallest absolute Gasteiger partial charge is 0.416 e. The average Bonchev–Trinajstić information content (AvgIpc) is 2.40. The van der Waals surface area contributed by atoms with Crippen molar-refractivity contribution in [3.63, 3.8) is 0 Å². The number of carbonyl (C=O) groups is 1. The maximum Gasteiger partial charge on any atom is 0.416 e. The van der Waals surface area contributed by atoms with Crippen molar-refractivity contribution < 1.29 is 23.1 Å². The van der Waals surface area contributed by atoms with Crippen LogP contribution in [0.15, 0.2) is 46.9 Å². The first-order chi connectivity index (χ1) is 9.77. The number of hydrogen-bond acceptors (Lipinski definition) is 2. The normalized spacial score (nSPS) is 11.2.